The third kappa shape index (κ3) is 2.56. The molecule has 2 aliphatic heterocycles. The molecule has 0 unspecified atom stereocenters. The van der Waals surface area contributed by atoms with Crippen LogP contribution in [0.5, 0.6) is 0 Å². The second-order valence-corrected chi connectivity index (χ2v) is 8.35. The van der Waals surface area contributed by atoms with Gasteiger partial charge in [0.1, 0.15) is 0 Å². The van der Waals surface area contributed by atoms with Gasteiger partial charge in [0.2, 0.25) is 5.09 Å². The standard InChI is InChI=1S/C12H17NO4S2/c14-19(15,11-2-1-6-17-11)13-5-9-18-12(10-13)3-7-16-8-4-12/h1-2,6H,3-5,7-10H2. The third-order valence-electron chi connectivity index (χ3n) is 3.71. The molecule has 1 spiro atoms. The Morgan fingerprint density at radius 2 is 2.11 bits per heavy atom. The molecule has 19 heavy (non-hydrogen) atoms. The van der Waals surface area contributed by atoms with Crippen molar-refractivity contribution >= 4 is 21.8 Å². The minimum absolute atomic E-state index is 0.0240. The van der Waals surface area contributed by atoms with Crippen LogP contribution in [0, 0.1) is 0 Å². The fourth-order valence-electron chi connectivity index (χ4n) is 2.60. The highest BCUT2D eigenvalue weighted by Crippen LogP contribution is 2.40. The monoisotopic (exact) mass is 303 g/mol. The first-order valence-electron chi connectivity index (χ1n) is 6.38. The number of sulfonamides is 1. The Bertz CT molecular complexity index is 514. The predicted molar refractivity (Wildman–Crippen MR) is 72.7 cm³/mol. The Morgan fingerprint density at radius 3 is 2.79 bits per heavy atom. The minimum Gasteiger partial charge on any atom is -0.452 e. The average Bonchev–Trinajstić information content (AvgIpc) is 2.94. The van der Waals surface area contributed by atoms with Gasteiger partial charge in [-0.15, -0.1) is 0 Å². The van der Waals surface area contributed by atoms with Gasteiger partial charge < -0.3 is 9.15 Å². The zero-order valence-corrected chi connectivity index (χ0v) is 12.2. The molecule has 0 saturated carbocycles. The maximum Gasteiger partial charge on any atom is 0.276 e. The predicted octanol–water partition coefficient (Wildman–Crippen LogP) is 1.57. The lowest BCUT2D eigenvalue weighted by Gasteiger charge is -2.43. The fraction of sp³-hybridized carbons (Fsp3) is 0.667. The van der Waals surface area contributed by atoms with Crippen LogP contribution in [-0.4, -0.2) is 49.5 Å². The molecule has 2 aliphatic rings. The van der Waals surface area contributed by atoms with Crippen molar-refractivity contribution < 1.29 is 17.6 Å². The highest BCUT2D eigenvalue weighted by molar-refractivity contribution is 8.00. The van der Waals surface area contributed by atoms with Crippen LogP contribution in [-0.2, 0) is 14.8 Å². The van der Waals surface area contributed by atoms with Gasteiger partial charge in [-0.2, -0.15) is 16.1 Å². The zero-order chi connectivity index (χ0) is 13.3. The molecule has 1 aromatic rings. The van der Waals surface area contributed by atoms with Crippen molar-refractivity contribution in [2.45, 2.75) is 22.7 Å². The van der Waals surface area contributed by atoms with Crippen molar-refractivity contribution in [2.24, 2.45) is 0 Å². The molecule has 0 atom stereocenters. The number of thioether (sulfide) groups is 1. The quantitative estimate of drug-likeness (QED) is 0.830. The second kappa shape index (κ2) is 5.12. The van der Waals surface area contributed by atoms with Crippen molar-refractivity contribution in [1.29, 1.82) is 0 Å². The van der Waals surface area contributed by atoms with E-state index in [1.54, 1.807) is 10.4 Å². The van der Waals surface area contributed by atoms with Crippen LogP contribution in [0.4, 0.5) is 0 Å². The van der Waals surface area contributed by atoms with Crippen LogP contribution >= 0.6 is 11.8 Å². The van der Waals surface area contributed by atoms with E-state index in [-0.39, 0.29) is 9.84 Å². The number of ether oxygens (including phenoxy) is 1. The summed E-state index contributed by atoms with van der Waals surface area (Å²) in [5, 5.41) is 0.0432. The second-order valence-electron chi connectivity index (χ2n) is 4.91. The minimum atomic E-state index is -3.48. The van der Waals surface area contributed by atoms with Crippen LogP contribution in [0.2, 0.25) is 0 Å². The van der Waals surface area contributed by atoms with Crippen LogP contribution in [0.25, 0.3) is 0 Å². The average molecular weight is 303 g/mol. The van der Waals surface area contributed by atoms with Gasteiger partial charge in [0.05, 0.1) is 6.26 Å². The van der Waals surface area contributed by atoms with Gasteiger partial charge >= 0.3 is 0 Å². The van der Waals surface area contributed by atoms with Crippen molar-refractivity contribution in [2.75, 3.05) is 32.1 Å². The van der Waals surface area contributed by atoms with Crippen molar-refractivity contribution in [3.05, 3.63) is 18.4 Å². The van der Waals surface area contributed by atoms with Crippen LogP contribution in [0.15, 0.2) is 27.9 Å². The molecule has 2 fully saturated rings. The van der Waals surface area contributed by atoms with E-state index in [0.29, 0.717) is 13.1 Å². The highest BCUT2D eigenvalue weighted by Gasteiger charge is 2.42. The molecule has 2 saturated heterocycles. The maximum absolute atomic E-state index is 12.5. The lowest BCUT2D eigenvalue weighted by molar-refractivity contribution is 0.0710. The first-order valence-corrected chi connectivity index (χ1v) is 8.80. The fourth-order valence-corrected chi connectivity index (χ4v) is 5.67. The molecule has 7 heteroatoms. The summed E-state index contributed by atoms with van der Waals surface area (Å²) in [5.41, 5.74) is 0. The Hall–Kier alpha value is -0.500. The lowest BCUT2D eigenvalue weighted by atomic mass is 9.99. The SMILES string of the molecule is O=S(=O)(c1ccco1)N1CCSC2(CCOCC2)C1. The van der Waals surface area contributed by atoms with Gasteiger partial charge in [-0.25, -0.2) is 8.42 Å². The lowest BCUT2D eigenvalue weighted by Crippen LogP contribution is -2.51. The molecular formula is C12H17NO4S2. The number of hydrogen-bond donors (Lipinski definition) is 0. The van der Waals surface area contributed by atoms with E-state index in [4.69, 9.17) is 9.15 Å². The molecule has 106 valence electrons. The Morgan fingerprint density at radius 1 is 1.32 bits per heavy atom. The van der Waals surface area contributed by atoms with E-state index in [1.165, 1.54) is 12.3 Å². The van der Waals surface area contributed by atoms with Crippen LogP contribution in [0.3, 0.4) is 0 Å². The van der Waals surface area contributed by atoms with Gasteiger partial charge in [0.25, 0.3) is 10.0 Å². The molecule has 0 aromatic carbocycles. The largest absolute Gasteiger partial charge is 0.452 e. The van der Waals surface area contributed by atoms with Gasteiger partial charge in [-0.05, 0) is 25.0 Å². The summed E-state index contributed by atoms with van der Waals surface area (Å²) in [6, 6.07) is 3.11. The van der Waals surface area contributed by atoms with E-state index >= 15 is 0 Å². The molecule has 0 radical (unpaired) electrons. The van der Waals surface area contributed by atoms with E-state index in [2.05, 4.69) is 0 Å². The smallest absolute Gasteiger partial charge is 0.276 e. The van der Waals surface area contributed by atoms with E-state index in [0.717, 1.165) is 31.8 Å². The summed E-state index contributed by atoms with van der Waals surface area (Å²) in [4.78, 5) is 0. The Balaban J connectivity index is 1.82. The Labute approximate surface area is 117 Å². The number of furan rings is 1. The molecule has 0 bridgehead atoms. The number of rotatable bonds is 2. The van der Waals surface area contributed by atoms with Crippen molar-refractivity contribution in [1.82, 2.24) is 4.31 Å². The zero-order valence-electron chi connectivity index (χ0n) is 10.6. The third-order valence-corrected chi connectivity index (χ3v) is 6.98. The molecule has 0 amide bonds. The molecule has 3 rings (SSSR count). The van der Waals surface area contributed by atoms with E-state index < -0.39 is 10.0 Å². The number of hydrogen-bond acceptors (Lipinski definition) is 5. The van der Waals surface area contributed by atoms with Gasteiger partial charge in [0, 0.05) is 36.8 Å². The van der Waals surface area contributed by atoms with Gasteiger partial charge in [-0.3, -0.25) is 0 Å². The van der Waals surface area contributed by atoms with Gasteiger partial charge in [-0.1, -0.05) is 0 Å². The van der Waals surface area contributed by atoms with E-state index in [1.807, 2.05) is 11.8 Å². The first-order chi connectivity index (χ1) is 9.12. The van der Waals surface area contributed by atoms with Crippen molar-refractivity contribution in [3.8, 4) is 0 Å². The van der Waals surface area contributed by atoms with E-state index in [9.17, 15) is 8.42 Å². The topological polar surface area (TPSA) is 59.8 Å². The molecule has 0 aliphatic carbocycles. The molecular weight excluding hydrogens is 286 g/mol. The normalized spacial score (nSPS) is 24.6. The summed E-state index contributed by atoms with van der Waals surface area (Å²) in [6.07, 6.45) is 3.24. The molecule has 1 aromatic heterocycles. The number of nitrogens with zero attached hydrogens (tertiary/aromatic N) is 1. The molecule has 3 heterocycles. The maximum atomic E-state index is 12.5. The van der Waals surface area contributed by atoms with Crippen LogP contribution in [0.1, 0.15) is 12.8 Å². The summed E-state index contributed by atoms with van der Waals surface area (Å²) in [6.45, 7) is 2.56. The Kier molecular flexibility index (Phi) is 3.63. The molecule has 5 nitrogen and oxygen atoms in total. The summed E-state index contributed by atoms with van der Waals surface area (Å²) in [7, 11) is -3.48. The van der Waals surface area contributed by atoms with Crippen LogP contribution < -0.4 is 0 Å². The summed E-state index contributed by atoms with van der Waals surface area (Å²) in [5.74, 6) is 0.833. The summed E-state index contributed by atoms with van der Waals surface area (Å²) < 4.78 is 37.0. The first kappa shape index (κ1) is 13.5. The highest BCUT2D eigenvalue weighted by atomic mass is 32.2. The van der Waals surface area contributed by atoms with Crippen molar-refractivity contribution in [3.63, 3.8) is 0 Å². The molecule has 0 N–H and O–H groups in total. The summed E-state index contributed by atoms with van der Waals surface area (Å²) >= 11 is 1.89. The van der Waals surface area contributed by atoms with Gasteiger partial charge in [0.15, 0.2) is 0 Å².